The molecule has 0 aliphatic heterocycles. The van der Waals surface area contributed by atoms with E-state index < -0.39 is 22.3 Å². The third-order valence-corrected chi connectivity index (χ3v) is 2.80. The summed E-state index contributed by atoms with van der Waals surface area (Å²) in [6, 6.07) is 3.14. The summed E-state index contributed by atoms with van der Waals surface area (Å²) < 4.78 is 13.3. The van der Waals surface area contributed by atoms with Gasteiger partial charge in [0.25, 0.3) is 5.91 Å². The summed E-state index contributed by atoms with van der Waals surface area (Å²) in [6.07, 6.45) is 1.47. The number of hydrogen-bond acceptors (Lipinski definition) is 5. The fourth-order valence-corrected chi connectivity index (χ4v) is 1.78. The van der Waals surface area contributed by atoms with Crippen molar-refractivity contribution >= 4 is 28.6 Å². The Morgan fingerprint density at radius 2 is 2.28 bits per heavy atom. The van der Waals surface area contributed by atoms with E-state index in [0.29, 0.717) is 0 Å². The minimum absolute atomic E-state index is 0.137. The van der Waals surface area contributed by atoms with Gasteiger partial charge < -0.3 is 5.32 Å². The Labute approximate surface area is 104 Å². The van der Waals surface area contributed by atoms with E-state index in [1.54, 1.807) is 5.38 Å². The molecule has 1 aromatic heterocycles. The lowest BCUT2D eigenvalue weighted by atomic mass is 10.2. The maximum absolute atomic E-state index is 13.3. The van der Waals surface area contributed by atoms with E-state index in [0.717, 1.165) is 23.5 Å². The molecule has 0 fully saturated rings. The number of benzene rings is 1. The van der Waals surface area contributed by atoms with Gasteiger partial charge in [-0.25, -0.2) is 4.98 Å². The smallest absolute Gasteiger partial charge is 0.304 e. The normalized spacial score (nSPS) is 10.1. The quantitative estimate of drug-likeness (QED) is 0.683. The lowest BCUT2D eigenvalue weighted by Gasteiger charge is -2.02. The molecule has 8 heteroatoms. The molecule has 92 valence electrons. The summed E-state index contributed by atoms with van der Waals surface area (Å²) in [5, 5.41) is 14.7. The molecule has 0 saturated carbocycles. The first-order valence-corrected chi connectivity index (χ1v) is 5.60. The van der Waals surface area contributed by atoms with Gasteiger partial charge in [0, 0.05) is 29.4 Å². The van der Waals surface area contributed by atoms with E-state index in [1.807, 2.05) is 0 Å². The second kappa shape index (κ2) is 4.88. The summed E-state index contributed by atoms with van der Waals surface area (Å²) in [7, 11) is 0. The molecular weight excluding hydrogens is 261 g/mol. The lowest BCUT2D eigenvalue weighted by molar-refractivity contribution is -0.387. The number of nitrogens with one attached hydrogen (secondary N) is 1. The number of rotatable bonds is 3. The first kappa shape index (κ1) is 12.1. The molecule has 0 atom stereocenters. The van der Waals surface area contributed by atoms with E-state index in [2.05, 4.69) is 10.3 Å². The van der Waals surface area contributed by atoms with Gasteiger partial charge in [0.15, 0.2) is 5.01 Å². The van der Waals surface area contributed by atoms with Crippen molar-refractivity contribution in [2.24, 2.45) is 0 Å². The molecule has 0 bridgehead atoms. The van der Waals surface area contributed by atoms with Gasteiger partial charge in [-0.05, 0) is 6.07 Å². The Morgan fingerprint density at radius 3 is 2.83 bits per heavy atom. The van der Waals surface area contributed by atoms with Crippen LogP contribution in [0.4, 0.5) is 15.8 Å². The van der Waals surface area contributed by atoms with Crippen LogP contribution in [-0.4, -0.2) is 15.8 Å². The first-order valence-electron chi connectivity index (χ1n) is 4.72. The third-order valence-electron chi connectivity index (χ3n) is 2.03. The van der Waals surface area contributed by atoms with Crippen molar-refractivity contribution in [3.8, 4) is 0 Å². The minimum Gasteiger partial charge on any atom is -0.320 e. The van der Waals surface area contributed by atoms with Crippen LogP contribution in [-0.2, 0) is 0 Å². The highest BCUT2D eigenvalue weighted by atomic mass is 32.1. The van der Waals surface area contributed by atoms with Crippen LogP contribution in [0.1, 0.15) is 9.80 Å². The Hall–Kier alpha value is -2.35. The van der Waals surface area contributed by atoms with E-state index >= 15 is 0 Å². The predicted octanol–water partition coefficient (Wildman–Crippen LogP) is 2.44. The van der Waals surface area contributed by atoms with Gasteiger partial charge in [0.05, 0.1) is 4.92 Å². The van der Waals surface area contributed by atoms with Crippen molar-refractivity contribution in [1.29, 1.82) is 0 Å². The molecule has 1 N–H and O–H groups in total. The highest BCUT2D eigenvalue weighted by Crippen LogP contribution is 2.21. The summed E-state index contributed by atoms with van der Waals surface area (Å²) in [4.78, 5) is 25.0. The molecule has 1 heterocycles. The summed E-state index contributed by atoms with van der Waals surface area (Å²) in [6.45, 7) is 0. The van der Waals surface area contributed by atoms with Crippen molar-refractivity contribution in [2.45, 2.75) is 0 Å². The van der Waals surface area contributed by atoms with Crippen molar-refractivity contribution in [2.75, 3.05) is 5.32 Å². The topological polar surface area (TPSA) is 85.1 Å². The van der Waals surface area contributed by atoms with E-state index in [1.165, 1.54) is 12.3 Å². The van der Waals surface area contributed by atoms with Crippen LogP contribution in [0.3, 0.4) is 0 Å². The number of amides is 1. The van der Waals surface area contributed by atoms with E-state index in [-0.39, 0.29) is 10.7 Å². The van der Waals surface area contributed by atoms with Crippen LogP contribution in [0.2, 0.25) is 0 Å². The molecule has 0 unspecified atom stereocenters. The molecule has 2 aromatic rings. The van der Waals surface area contributed by atoms with Crippen LogP contribution in [0.5, 0.6) is 0 Å². The van der Waals surface area contributed by atoms with Crippen LogP contribution < -0.4 is 5.32 Å². The number of nitro benzene ring substituents is 1. The van der Waals surface area contributed by atoms with Gasteiger partial charge in [0.2, 0.25) is 5.82 Å². The van der Waals surface area contributed by atoms with E-state index in [4.69, 9.17) is 0 Å². The van der Waals surface area contributed by atoms with Gasteiger partial charge in [0.1, 0.15) is 0 Å². The van der Waals surface area contributed by atoms with Gasteiger partial charge in [-0.2, -0.15) is 4.39 Å². The number of aromatic nitrogens is 1. The Kier molecular flexibility index (Phi) is 3.28. The number of thiazole rings is 1. The first-order chi connectivity index (χ1) is 8.58. The number of nitrogens with zero attached hydrogens (tertiary/aromatic N) is 2. The molecule has 0 aliphatic rings. The maximum atomic E-state index is 13.3. The molecule has 0 radical (unpaired) electrons. The van der Waals surface area contributed by atoms with Crippen LogP contribution >= 0.6 is 11.3 Å². The fraction of sp³-hybridized carbons (Fsp3) is 0. The predicted molar refractivity (Wildman–Crippen MR) is 63.1 cm³/mol. The van der Waals surface area contributed by atoms with Gasteiger partial charge in [-0.3, -0.25) is 14.9 Å². The third kappa shape index (κ3) is 2.48. The molecule has 2 rings (SSSR count). The maximum Gasteiger partial charge on any atom is 0.304 e. The van der Waals surface area contributed by atoms with Gasteiger partial charge in [-0.1, -0.05) is 0 Å². The Balaban J connectivity index is 2.18. The number of halogens is 1. The molecule has 0 aliphatic carbocycles. The number of anilines is 1. The van der Waals surface area contributed by atoms with E-state index in [9.17, 15) is 19.3 Å². The van der Waals surface area contributed by atoms with Crippen LogP contribution in [0.15, 0.2) is 29.8 Å². The summed E-state index contributed by atoms with van der Waals surface area (Å²) >= 11 is 1.14. The van der Waals surface area contributed by atoms with Gasteiger partial charge >= 0.3 is 5.69 Å². The standard InChI is InChI=1S/C10H6FN3O3S/c11-7-5-6(1-2-8(7)14(16)17)13-9(15)10-12-3-4-18-10/h1-5H,(H,13,15). The molecule has 6 nitrogen and oxygen atoms in total. The average molecular weight is 267 g/mol. The van der Waals surface area contributed by atoms with Crippen molar-refractivity contribution in [3.05, 3.63) is 50.7 Å². The molecule has 18 heavy (non-hydrogen) atoms. The van der Waals surface area contributed by atoms with Crippen molar-refractivity contribution in [1.82, 2.24) is 4.98 Å². The fourth-order valence-electron chi connectivity index (χ4n) is 1.25. The highest BCUT2D eigenvalue weighted by Gasteiger charge is 2.15. The number of carbonyl (C=O) groups excluding carboxylic acids is 1. The van der Waals surface area contributed by atoms with Gasteiger partial charge in [-0.15, -0.1) is 11.3 Å². The SMILES string of the molecule is O=C(Nc1ccc([N+](=O)[O-])c(F)c1)c1nccs1. The second-order valence-corrected chi connectivity index (χ2v) is 4.11. The van der Waals surface area contributed by atoms with Crippen LogP contribution in [0, 0.1) is 15.9 Å². The average Bonchev–Trinajstić information content (AvgIpc) is 2.81. The van der Waals surface area contributed by atoms with Crippen molar-refractivity contribution in [3.63, 3.8) is 0 Å². The zero-order chi connectivity index (χ0) is 13.1. The van der Waals surface area contributed by atoms with Crippen molar-refractivity contribution < 1.29 is 14.1 Å². The van der Waals surface area contributed by atoms with Crippen LogP contribution in [0.25, 0.3) is 0 Å². The number of nitro groups is 1. The molecule has 1 amide bonds. The second-order valence-electron chi connectivity index (χ2n) is 3.21. The summed E-state index contributed by atoms with van der Waals surface area (Å²) in [5.41, 5.74) is -0.499. The Morgan fingerprint density at radius 1 is 1.50 bits per heavy atom. The molecule has 0 spiro atoms. The number of hydrogen-bond donors (Lipinski definition) is 1. The minimum atomic E-state index is -1.00. The zero-order valence-electron chi connectivity index (χ0n) is 8.79. The summed E-state index contributed by atoms with van der Waals surface area (Å²) in [5.74, 6) is -1.49. The Bertz CT molecular complexity index is 600. The molecule has 0 saturated heterocycles. The molecule has 1 aromatic carbocycles. The zero-order valence-corrected chi connectivity index (χ0v) is 9.61. The lowest BCUT2D eigenvalue weighted by Crippen LogP contribution is -2.11. The monoisotopic (exact) mass is 267 g/mol. The number of carbonyl (C=O) groups is 1. The molecular formula is C10H6FN3O3S. The highest BCUT2D eigenvalue weighted by molar-refractivity contribution is 7.11. The largest absolute Gasteiger partial charge is 0.320 e.